The summed E-state index contributed by atoms with van der Waals surface area (Å²) in [5.74, 6) is 0.336. The molecule has 3 heterocycles. The molecule has 1 aromatic heterocycles. The monoisotopic (exact) mass is 345 g/mol. The highest BCUT2D eigenvalue weighted by Gasteiger charge is 2.34. The van der Waals surface area contributed by atoms with Crippen LogP contribution in [0.1, 0.15) is 31.5 Å². The molecule has 1 aromatic carbocycles. The van der Waals surface area contributed by atoms with Crippen molar-refractivity contribution < 1.29 is 9.63 Å². The minimum atomic E-state index is -0.474. The van der Waals surface area contributed by atoms with E-state index in [0.717, 1.165) is 28.6 Å². The largest absolute Gasteiger partial charge is 0.382 e. The summed E-state index contributed by atoms with van der Waals surface area (Å²) >= 11 is 6.14. The fraction of sp³-hybridized carbons (Fsp3) is 0.444. The molecule has 0 aliphatic carbocycles. The maximum absolute atomic E-state index is 12.8. The molecule has 1 atom stereocenters. The highest BCUT2D eigenvalue weighted by molar-refractivity contribution is 6.31. The van der Waals surface area contributed by atoms with Crippen LogP contribution in [-0.2, 0) is 22.6 Å². The Morgan fingerprint density at radius 2 is 2.29 bits per heavy atom. The van der Waals surface area contributed by atoms with Crippen molar-refractivity contribution in [2.24, 2.45) is 11.1 Å². The van der Waals surface area contributed by atoms with Crippen LogP contribution >= 0.6 is 11.6 Å². The Labute approximate surface area is 145 Å². The van der Waals surface area contributed by atoms with E-state index in [4.69, 9.17) is 16.4 Å². The molecule has 0 bridgehead atoms. The number of hydrogen-bond acceptors (Lipinski definition) is 3. The van der Waals surface area contributed by atoms with E-state index in [-0.39, 0.29) is 5.91 Å². The molecule has 5 nitrogen and oxygen atoms in total. The number of nitrogens with one attached hydrogen (secondary N) is 1. The van der Waals surface area contributed by atoms with Crippen LogP contribution in [0.25, 0.3) is 10.9 Å². The summed E-state index contributed by atoms with van der Waals surface area (Å²) in [7, 11) is 0. The van der Waals surface area contributed by atoms with E-state index in [1.165, 1.54) is 5.69 Å². The van der Waals surface area contributed by atoms with E-state index < -0.39 is 6.10 Å². The summed E-state index contributed by atoms with van der Waals surface area (Å²) in [6.07, 6.45) is 0.940. The standard InChI is InChI=1S/C18H20ClN3O2/c1-10(2)16-8-17(24-21-16)18(23)22-6-5-15-13(9-22)12-7-11(19)3-4-14(12)20-15/h3-4,7,10,17,20H,5-6,8-9H2,1-2H3/t17-/m0/s1. The number of carbonyl (C=O) groups excluding carboxylic acids is 1. The molecular formula is C18H20ClN3O2. The maximum Gasteiger partial charge on any atom is 0.267 e. The molecular weight excluding hydrogens is 326 g/mol. The van der Waals surface area contributed by atoms with Crippen molar-refractivity contribution in [2.45, 2.75) is 39.3 Å². The second-order valence-electron chi connectivity index (χ2n) is 6.82. The summed E-state index contributed by atoms with van der Waals surface area (Å²) < 4.78 is 0. The Morgan fingerprint density at radius 3 is 3.04 bits per heavy atom. The normalized spacial score (nSPS) is 20.2. The molecule has 0 saturated heterocycles. The summed E-state index contributed by atoms with van der Waals surface area (Å²) in [4.78, 5) is 23.5. The van der Waals surface area contributed by atoms with Crippen LogP contribution in [0.2, 0.25) is 5.02 Å². The summed E-state index contributed by atoms with van der Waals surface area (Å²) in [5, 5.41) is 5.88. The number of nitrogens with zero attached hydrogens (tertiary/aromatic N) is 2. The first-order chi connectivity index (χ1) is 11.5. The van der Waals surface area contributed by atoms with Crippen LogP contribution in [0, 0.1) is 5.92 Å². The van der Waals surface area contributed by atoms with Crippen molar-refractivity contribution >= 4 is 34.1 Å². The zero-order chi connectivity index (χ0) is 16.8. The van der Waals surface area contributed by atoms with Gasteiger partial charge < -0.3 is 14.7 Å². The summed E-state index contributed by atoms with van der Waals surface area (Å²) in [6, 6.07) is 5.84. The highest BCUT2D eigenvalue weighted by Crippen LogP contribution is 2.30. The molecule has 0 fully saturated rings. The van der Waals surface area contributed by atoms with Crippen LogP contribution in [0.15, 0.2) is 23.4 Å². The number of hydrogen-bond donors (Lipinski definition) is 1. The minimum absolute atomic E-state index is 0.0245. The third-order valence-corrected chi connectivity index (χ3v) is 5.12. The van der Waals surface area contributed by atoms with Crippen molar-refractivity contribution in [1.29, 1.82) is 0 Å². The minimum Gasteiger partial charge on any atom is -0.382 e. The number of benzene rings is 1. The quantitative estimate of drug-likeness (QED) is 0.905. The van der Waals surface area contributed by atoms with Gasteiger partial charge in [-0.15, -0.1) is 0 Å². The van der Waals surface area contributed by atoms with Gasteiger partial charge in [0.05, 0.1) is 5.71 Å². The molecule has 2 aliphatic rings. The lowest BCUT2D eigenvalue weighted by atomic mass is 10.0. The average Bonchev–Trinajstić information content (AvgIpc) is 3.18. The number of aromatic amines is 1. The number of H-pyrrole nitrogens is 1. The van der Waals surface area contributed by atoms with Crippen LogP contribution in [0.3, 0.4) is 0 Å². The van der Waals surface area contributed by atoms with Gasteiger partial charge in [-0.25, -0.2) is 0 Å². The smallest absolute Gasteiger partial charge is 0.267 e. The third-order valence-electron chi connectivity index (χ3n) is 4.88. The van der Waals surface area contributed by atoms with Gasteiger partial charge in [-0.2, -0.15) is 0 Å². The van der Waals surface area contributed by atoms with Gasteiger partial charge in [0, 0.05) is 53.1 Å². The number of oxime groups is 1. The number of fused-ring (bicyclic) bond motifs is 3. The highest BCUT2D eigenvalue weighted by atomic mass is 35.5. The number of amides is 1. The van der Waals surface area contributed by atoms with Gasteiger partial charge in [-0.05, 0) is 24.1 Å². The molecule has 0 radical (unpaired) electrons. The molecule has 6 heteroatoms. The second-order valence-corrected chi connectivity index (χ2v) is 7.25. The third kappa shape index (κ3) is 2.57. The lowest BCUT2D eigenvalue weighted by molar-refractivity contribution is -0.143. The Hall–Kier alpha value is -2.01. The Bertz CT molecular complexity index is 840. The van der Waals surface area contributed by atoms with Gasteiger partial charge in [0.15, 0.2) is 0 Å². The molecule has 0 spiro atoms. The first-order valence-corrected chi connectivity index (χ1v) is 8.71. The Balaban J connectivity index is 1.55. The molecule has 0 saturated carbocycles. The van der Waals surface area contributed by atoms with Crippen LogP contribution in [-0.4, -0.2) is 34.2 Å². The van der Waals surface area contributed by atoms with E-state index in [1.54, 1.807) is 0 Å². The maximum atomic E-state index is 12.8. The molecule has 1 N–H and O–H groups in total. The molecule has 0 unspecified atom stereocenters. The van der Waals surface area contributed by atoms with Crippen molar-refractivity contribution in [1.82, 2.24) is 9.88 Å². The number of halogens is 1. The van der Waals surface area contributed by atoms with Gasteiger partial charge in [-0.3, -0.25) is 4.79 Å². The first kappa shape index (κ1) is 15.5. The predicted octanol–water partition coefficient (Wildman–Crippen LogP) is 3.51. The van der Waals surface area contributed by atoms with Gasteiger partial charge in [-0.1, -0.05) is 30.6 Å². The van der Waals surface area contributed by atoms with Crippen LogP contribution in [0.4, 0.5) is 0 Å². The van der Waals surface area contributed by atoms with Gasteiger partial charge >= 0.3 is 0 Å². The van der Waals surface area contributed by atoms with E-state index in [0.29, 0.717) is 30.5 Å². The summed E-state index contributed by atoms with van der Waals surface area (Å²) in [6.45, 7) is 5.42. The molecule has 4 rings (SSSR count). The number of rotatable bonds is 2. The summed E-state index contributed by atoms with van der Waals surface area (Å²) in [5.41, 5.74) is 4.39. The van der Waals surface area contributed by atoms with Crippen LogP contribution in [0.5, 0.6) is 0 Å². The molecule has 1 amide bonds. The Kier molecular flexibility index (Phi) is 3.76. The molecule has 126 valence electrons. The Morgan fingerprint density at radius 1 is 1.46 bits per heavy atom. The van der Waals surface area contributed by atoms with Crippen molar-refractivity contribution in [3.63, 3.8) is 0 Å². The van der Waals surface area contributed by atoms with Gasteiger partial charge in [0.25, 0.3) is 5.91 Å². The number of carbonyl (C=O) groups is 1. The van der Waals surface area contributed by atoms with E-state index >= 15 is 0 Å². The lowest BCUT2D eigenvalue weighted by Gasteiger charge is -2.28. The molecule has 24 heavy (non-hydrogen) atoms. The van der Waals surface area contributed by atoms with Crippen molar-refractivity contribution in [3.05, 3.63) is 34.5 Å². The fourth-order valence-electron chi connectivity index (χ4n) is 3.45. The molecule has 2 aromatic rings. The first-order valence-electron chi connectivity index (χ1n) is 8.33. The van der Waals surface area contributed by atoms with Gasteiger partial charge in [0.1, 0.15) is 0 Å². The van der Waals surface area contributed by atoms with Gasteiger partial charge in [0.2, 0.25) is 6.10 Å². The zero-order valence-corrected chi connectivity index (χ0v) is 14.6. The lowest BCUT2D eigenvalue weighted by Crippen LogP contribution is -2.42. The SMILES string of the molecule is CC(C)C1=NO[C@H](C(=O)N2CCc3[nH]c4ccc(Cl)cc4c3C2)C1. The van der Waals surface area contributed by atoms with Crippen LogP contribution < -0.4 is 0 Å². The topological polar surface area (TPSA) is 57.7 Å². The average molecular weight is 346 g/mol. The molecule has 2 aliphatic heterocycles. The predicted molar refractivity (Wildman–Crippen MR) is 94.2 cm³/mol. The fourth-order valence-corrected chi connectivity index (χ4v) is 3.62. The van der Waals surface area contributed by atoms with Crippen molar-refractivity contribution in [2.75, 3.05) is 6.54 Å². The number of aromatic nitrogens is 1. The van der Waals surface area contributed by atoms with E-state index in [9.17, 15) is 4.79 Å². The second kappa shape index (κ2) is 5.81. The van der Waals surface area contributed by atoms with E-state index in [2.05, 4.69) is 24.0 Å². The zero-order valence-electron chi connectivity index (χ0n) is 13.8. The van der Waals surface area contributed by atoms with Crippen molar-refractivity contribution in [3.8, 4) is 0 Å². The van der Waals surface area contributed by atoms with E-state index in [1.807, 2.05) is 23.1 Å².